The molecule has 1 heterocycles. The lowest BCUT2D eigenvalue weighted by Gasteiger charge is -2.19. The Hall–Kier alpha value is -2.13. The number of nitrogens with one attached hydrogen (secondary N) is 2. The van der Waals surface area contributed by atoms with Crippen LogP contribution in [0.15, 0.2) is 6.20 Å². The first-order valence-corrected chi connectivity index (χ1v) is 9.68. The van der Waals surface area contributed by atoms with Gasteiger partial charge < -0.3 is 10.4 Å². The first kappa shape index (κ1) is 23.9. The van der Waals surface area contributed by atoms with Gasteiger partial charge in [-0.05, 0) is 19.8 Å². The first-order valence-electron chi connectivity index (χ1n) is 9.68. The third kappa shape index (κ3) is 7.85. The summed E-state index contributed by atoms with van der Waals surface area (Å²) < 4.78 is 1.51. The van der Waals surface area contributed by atoms with Gasteiger partial charge in [-0.25, -0.2) is 4.68 Å². The molecule has 0 aliphatic rings. The average Bonchev–Trinajstić information content (AvgIpc) is 3.04. The van der Waals surface area contributed by atoms with Crippen LogP contribution in [-0.4, -0.2) is 55.9 Å². The molecule has 1 aromatic heterocycles. The molecule has 1 amide bonds. The van der Waals surface area contributed by atoms with E-state index in [1.807, 2.05) is 13.8 Å². The number of hydrogen-bond acceptors (Lipinski definition) is 7. The molecule has 0 spiro atoms. The van der Waals surface area contributed by atoms with E-state index < -0.39 is 18.3 Å². The number of aromatic nitrogens is 3. The van der Waals surface area contributed by atoms with Gasteiger partial charge >= 0.3 is 0 Å². The molecule has 0 aliphatic carbocycles. The summed E-state index contributed by atoms with van der Waals surface area (Å²) in [4.78, 5) is 35.5. The number of amides is 1. The SMILES string of the molecule is CC(=O)N[C@H](Cn1cc(CCC(O)N[C@@H](C)C(=O)C(C)C)nn1)C(=O)C(C)C. The maximum absolute atomic E-state index is 12.3. The van der Waals surface area contributed by atoms with Crippen LogP contribution in [0.5, 0.6) is 0 Å². The molecule has 0 bridgehead atoms. The fourth-order valence-corrected chi connectivity index (χ4v) is 2.82. The number of carbonyl (C=O) groups is 3. The molecular weight excluding hydrogens is 362 g/mol. The molecule has 3 atom stereocenters. The van der Waals surface area contributed by atoms with Crippen LogP contribution in [0.4, 0.5) is 0 Å². The Kier molecular flexibility index (Phi) is 9.40. The second-order valence-electron chi connectivity index (χ2n) is 7.74. The minimum atomic E-state index is -0.836. The molecule has 0 aliphatic heterocycles. The third-order valence-corrected chi connectivity index (χ3v) is 4.36. The first-order chi connectivity index (χ1) is 13.0. The van der Waals surface area contributed by atoms with Crippen molar-refractivity contribution in [3.63, 3.8) is 0 Å². The summed E-state index contributed by atoms with van der Waals surface area (Å²) in [6.45, 7) is 10.5. The van der Waals surface area contributed by atoms with Crippen LogP contribution in [0.1, 0.15) is 53.7 Å². The molecule has 0 aromatic carbocycles. The van der Waals surface area contributed by atoms with Crippen LogP contribution in [0, 0.1) is 11.8 Å². The van der Waals surface area contributed by atoms with E-state index in [9.17, 15) is 19.5 Å². The number of carbonyl (C=O) groups excluding carboxylic acids is 3. The number of Topliss-reactive ketones (excluding diaryl/α,β-unsaturated/α-hetero) is 2. The largest absolute Gasteiger partial charge is 0.379 e. The molecule has 0 saturated carbocycles. The molecule has 1 aromatic rings. The predicted octanol–water partition coefficient (Wildman–Crippen LogP) is 0.462. The van der Waals surface area contributed by atoms with Crippen LogP contribution in [0.2, 0.25) is 0 Å². The molecule has 158 valence electrons. The molecular formula is C19H33N5O4. The van der Waals surface area contributed by atoms with Crippen molar-refractivity contribution in [2.75, 3.05) is 0 Å². The van der Waals surface area contributed by atoms with Crippen molar-refractivity contribution in [2.45, 2.75) is 79.2 Å². The van der Waals surface area contributed by atoms with E-state index in [-0.39, 0.29) is 35.9 Å². The zero-order chi connectivity index (χ0) is 21.4. The summed E-state index contributed by atoms with van der Waals surface area (Å²) in [5.74, 6) is -0.616. The fourth-order valence-electron chi connectivity index (χ4n) is 2.82. The number of aryl methyl sites for hydroxylation is 1. The Morgan fingerprint density at radius 2 is 1.71 bits per heavy atom. The van der Waals surface area contributed by atoms with Gasteiger partial charge in [0.25, 0.3) is 0 Å². The lowest BCUT2D eigenvalue weighted by atomic mass is 10.0. The highest BCUT2D eigenvalue weighted by Gasteiger charge is 2.23. The standard InChI is InChI=1S/C19H33N5O4/c1-11(2)18(27)13(5)20-17(26)8-7-15-9-24(23-22-15)10-16(21-14(6)25)19(28)12(3)4/h9,11-13,16-17,20,26H,7-8,10H2,1-6H3,(H,21,25)/t13-,16+,17?/m0/s1. The van der Waals surface area contributed by atoms with E-state index in [2.05, 4.69) is 20.9 Å². The van der Waals surface area contributed by atoms with E-state index in [4.69, 9.17) is 0 Å². The summed E-state index contributed by atoms with van der Waals surface area (Å²) >= 11 is 0. The van der Waals surface area contributed by atoms with Gasteiger partial charge in [0.2, 0.25) is 5.91 Å². The maximum atomic E-state index is 12.3. The van der Waals surface area contributed by atoms with Crippen LogP contribution in [-0.2, 0) is 27.3 Å². The summed E-state index contributed by atoms with van der Waals surface area (Å²) in [6.07, 6.45) is 1.68. The van der Waals surface area contributed by atoms with Crippen molar-refractivity contribution in [1.29, 1.82) is 0 Å². The second-order valence-corrected chi connectivity index (χ2v) is 7.74. The minimum absolute atomic E-state index is 0.0452. The van der Waals surface area contributed by atoms with E-state index in [1.165, 1.54) is 11.6 Å². The van der Waals surface area contributed by atoms with E-state index in [0.717, 1.165) is 0 Å². The molecule has 3 N–H and O–H groups in total. The average molecular weight is 396 g/mol. The van der Waals surface area contributed by atoms with Crippen molar-refractivity contribution in [3.8, 4) is 0 Å². The minimum Gasteiger partial charge on any atom is -0.379 e. The number of aliphatic hydroxyl groups excluding tert-OH is 1. The summed E-state index contributed by atoms with van der Waals surface area (Å²) in [5, 5.41) is 23.7. The normalized spacial score (nSPS) is 14.8. The van der Waals surface area contributed by atoms with Crippen LogP contribution >= 0.6 is 0 Å². The van der Waals surface area contributed by atoms with Crippen molar-refractivity contribution < 1.29 is 19.5 Å². The zero-order valence-electron chi connectivity index (χ0n) is 17.6. The molecule has 9 heteroatoms. The molecule has 1 unspecified atom stereocenters. The zero-order valence-corrected chi connectivity index (χ0v) is 17.6. The second kappa shape index (κ2) is 11.0. The number of hydrogen-bond donors (Lipinski definition) is 3. The number of rotatable bonds is 12. The molecule has 0 radical (unpaired) electrons. The summed E-state index contributed by atoms with van der Waals surface area (Å²) in [6, 6.07) is -1.09. The Balaban J connectivity index is 2.60. The van der Waals surface area contributed by atoms with Crippen molar-refractivity contribution in [3.05, 3.63) is 11.9 Å². The number of ketones is 2. The molecule has 0 fully saturated rings. The van der Waals surface area contributed by atoms with Gasteiger partial charge in [-0.1, -0.05) is 32.9 Å². The van der Waals surface area contributed by atoms with Crippen LogP contribution < -0.4 is 10.6 Å². The highest BCUT2D eigenvalue weighted by molar-refractivity contribution is 5.89. The smallest absolute Gasteiger partial charge is 0.217 e. The van der Waals surface area contributed by atoms with Gasteiger partial charge in [0.05, 0.1) is 18.3 Å². The van der Waals surface area contributed by atoms with Gasteiger partial charge in [0.15, 0.2) is 11.6 Å². The van der Waals surface area contributed by atoms with Crippen molar-refractivity contribution in [2.24, 2.45) is 11.8 Å². The predicted molar refractivity (Wildman–Crippen MR) is 104 cm³/mol. The quantitative estimate of drug-likeness (QED) is 0.439. The Bertz CT molecular complexity index is 671. The molecule has 9 nitrogen and oxygen atoms in total. The molecule has 28 heavy (non-hydrogen) atoms. The summed E-state index contributed by atoms with van der Waals surface area (Å²) in [7, 11) is 0. The Labute approximate surface area is 166 Å². The number of aliphatic hydroxyl groups is 1. The number of nitrogens with zero attached hydrogens (tertiary/aromatic N) is 3. The monoisotopic (exact) mass is 395 g/mol. The van der Waals surface area contributed by atoms with Gasteiger partial charge in [0.1, 0.15) is 12.3 Å². The van der Waals surface area contributed by atoms with Crippen molar-refractivity contribution >= 4 is 17.5 Å². The van der Waals surface area contributed by atoms with E-state index >= 15 is 0 Å². The van der Waals surface area contributed by atoms with E-state index in [1.54, 1.807) is 27.0 Å². The van der Waals surface area contributed by atoms with Gasteiger partial charge in [0, 0.05) is 25.0 Å². The Morgan fingerprint density at radius 3 is 2.25 bits per heavy atom. The lowest BCUT2D eigenvalue weighted by Crippen LogP contribution is -2.44. The highest BCUT2D eigenvalue weighted by atomic mass is 16.3. The van der Waals surface area contributed by atoms with Gasteiger partial charge in [-0.15, -0.1) is 5.10 Å². The topological polar surface area (TPSA) is 126 Å². The highest BCUT2D eigenvalue weighted by Crippen LogP contribution is 2.06. The van der Waals surface area contributed by atoms with Crippen molar-refractivity contribution in [1.82, 2.24) is 25.6 Å². The molecule has 1 rings (SSSR count). The Morgan fingerprint density at radius 1 is 1.11 bits per heavy atom. The van der Waals surface area contributed by atoms with Gasteiger partial charge in [-0.3, -0.25) is 19.7 Å². The maximum Gasteiger partial charge on any atom is 0.217 e. The molecule has 0 saturated heterocycles. The van der Waals surface area contributed by atoms with Gasteiger partial charge in [-0.2, -0.15) is 0 Å². The van der Waals surface area contributed by atoms with E-state index in [0.29, 0.717) is 18.5 Å². The van der Waals surface area contributed by atoms with Crippen LogP contribution in [0.3, 0.4) is 0 Å². The third-order valence-electron chi connectivity index (χ3n) is 4.36. The lowest BCUT2D eigenvalue weighted by molar-refractivity contribution is -0.129. The summed E-state index contributed by atoms with van der Waals surface area (Å²) in [5.41, 5.74) is 0.655. The fraction of sp³-hybridized carbons (Fsp3) is 0.737. The van der Waals surface area contributed by atoms with Crippen LogP contribution in [0.25, 0.3) is 0 Å².